The number of amides is 3. The molecular weight excluding hydrogens is 392 g/mol. The van der Waals surface area contributed by atoms with Gasteiger partial charge in [-0.2, -0.15) is 0 Å². The predicted octanol–water partition coefficient (Wildman–Crippen LogP) is 2.72. The number of benzene rings is 2. The van der Waals surface area contributed by atoms with Crippen molar-refractivity contribution < 1.29 is 14.3 Å². The van der Waals surface area contributed by atoms with Gasteiger partial charge in [-0.3, -0.25) is 9.69 Å². The average molecular weight is 423 g/mol. The highest BCUT2D eigenvalue weighted by atomic mass is 16.5. The number of hydrogen-bond acceptors (Lipinski definition) is 5. The summed E-state index contributed by atoms with van der Waals surface area (Å²) in [5.74, 6) is 0.662. The Bertz CT molecular complexity index is 910. The third-order valence-electron chi connectivity index (χ3n) is 6.25. The smallest absolute Gasteiger partial charge is 0.326 e. The Balaban J connectivity index is 1.31. The SMILES string of the molecule is COc1ccc(CC[C@@]2(C)NC(=O)N(CN3CCN(c4ccccc4)CC3)C2=O)cc1. The standard InChI is InChI=1S/C24H30N4O3/c1-24(13-12-19-8-10-21(31-2)11-9-19)22(29)28(23(30)25-24)18-26-14-16-27(17-15-26)20-6-4-3-5-7-20/h3-11H,12-18H2,1-2H3,(H,25,30)/t24-/m1/s1. The minimum absolute atomic E-state index is 0.142. The second-order valence-corrected chi connectivity index (χ2v) is 8.43. The van der Waals surface area contributed by atoms with Gasteiger partial charge in [0.1, 0.15) is 11.3 Å². The van der Waals surface area contributed by atoms with Crippen LogP contribution in [0, 0.1) is 0 Å². The molecule has 0 aliphatic carbocycles. The van der Waals surface area contributed by atoms with Crippen molar-refractivity contribution in [3.05, 3.63) is 60.2 Å². The van der Waals surface area contributed by atoms with E-state index in [4.69, 9.17) is 4.74 Å². The zero-order valence-corrected chi connectivity index (χ0v) is 18.2. The summed E-state index contributed by atoms with van der Waals surface area (Å²) >= 11 is 0. The predicted molar refractivity (Wildman–Crippen MR) is 120 cm³/mol. The lowest BCUT2D eigenvalue weighted by Crippen LogP contribution is -2.52. The number of rotatable bonds is 7. The van der Waals surface area contributed by atoms with Crippen molar-refractivity contribution in [2.45, 2.75) is 25.3 Å². The number of methoxy groups -OCH3 is 1. The van der Waals surface area contributed by atoms with Gasteiger partial charge in [-0.15, -0.1) is 0 Å². The molecule has 2 aliphatic heterocycles. The number of piperazine rings is 1. The Morgan fingerprint density at radius 3 is 2.29 bits per heavy atom. The quantitative estimate of drug-likeness (QED) is 0.695. The van der Waals surface area contributed by atoms with E-state index in [9.17, 15) is 9.59 Å². The lowest BCUT2D eigenvalue weighted by molar-refractivity contribution is -0.132. The van der Waals surface area contributed by atoms with Gasteiger partial charge < -0.3 is 15.0 Å². The fraction of sp³-hybridized carbons (Fsp3) is 0.417. The van der Waals surface area contributed by atoms with E-state index in [-0.39, 0.29) is 11.9 Å². The summed E-state index contributed by atoms with van der Waals surface area (Å²) in [6, 6.07) is 17.8. The van der Waals surface area contributed by atoms with Crippen molar-refractivity contribution in [1.82, 2.24) is 15.1 Å². The summed E-state index contributed by atoms with van der Waals surface area (Å²) in [7, 11) is 1.64. The van der Waals surface area contributed by atoms with Gasteiger partial charge >= 0.3 is 6.03 Å². The number of carbonyl (C=O) groups excluding carboxylic acids is 2. The molecule has 2 saturated heterocycles. The van der Waals surface area contributed by atoms with Crippen LogP contribution < -0.4 is 15.0 Å². The second-order valence-electron chi connectivity index (χ2n) is 8.43. The molecule has 3 amide bonds. The first-order chi connectivity index (χ1) is 15.0. The van der Waals surface area contributed by atoms with Gasteiger partial charge in [-0.1, -0.05) is 30.3 Å². The molecule has 0 radical (unpaired) electrons. The van der Waals surface area contributed by atoms with Crippen LogP contribution in [0.25, 0.3) is 0 Å². The van der Waals surface area contributed by atoms with Crippen molar-refractivity contribution >= 4 is 17.6 Å². The molecule has 2 aliphatic rings. The molecule has 4 rings (SSSR count). The molecule has 0 aromatic heterocycles. The highest BCUT2D eigenvalue weighted by Gasteiger charge is 2.47. The van der Waals surface area contributed by atoms with Crippen LogP contribution in [0.3, 0.4) is 0 Å². The van der Waals surface area contributed by atoms with Crippen molar-refractivity contribution in [3.8, 4) is 5.75 Å². The summed E-state index contributed by atoms with van der Waals surface area (Å²) in [6.45, 7) is 5.54. The lowest BCUT2D eigenvalue weighted by atomic mass is 9.93. The molecule has 2 aromatic carbocycles. The van der Waals surface area contributed by atoms with Crippen molar-refractivity contribution in [2.75, 3.05) is 44.9 Å². The first-order valence-corrected chi connectivity index (χ1v) is 10.8. The summed E-state index contributed by atoms with van der Waals surface area (Å²) in [4.78, 5) is 31.6. The molecule has 0 spiro atoms. The van der Waals surface area contributed by atoms with Gasteiger partial charge in [-0.25, -0.2) is 9.69 Å². The number of hydrogen-bond donors (Lipinski definition) is 1. The van der Waals surface area contributed by atoms with E-state index in [1.165, 1.54) is 10.6 Å². The van der Waals surface area contributed by atoms with Gasteiger partial charge in [0.05, 0.1) is 13.8 Å². The van der Waals surface area contributed by atoms with E-state index in [0.717, 1.165) is 37.5 Å². The molecule has 2 fully saturated rings. The van der Waals surface area contributed by atoms with E-state index in [1.807, 2.05) is 49.4 Å². The zero-order chi connectivity index (χ0) is 21.8. The molecule has 1 N–H and O–H groups in total. The van der Waals surface area contributed by atoms with Gasteiger partial charge in [-0.05, 0) is 49.6 Å². The maximum Gasteiger partial charge on any atom is 0.326 e. The maximum absolute atomic E-state index is 13.1. The Morgan fingerprint density at radius 2 is 1.65 bits per heavy atom. The normalized spacial score (nSPS) is 22.0. The molecule has 2 heterocycles. The van der Waals surface area contributed by atoms with Crippen LogP contribution in [-0.4, -0.2) is 67.2 Å². The van der Waals surface area contributed by atoms with E-state index in [2.05, 4.69) is 27.2 Å². The van der Waals surface area contributed by atoms with E-state index in [1.54, 1.807) is 7.11 Å². The minimum atomic E-state index is -0.872. The first kappa shape index (κ1) is 21.2. The third-order valence-corrected chi connectivity index (χ3v) is 6.25. The number of ether oxygens (including phenoxy) is 1. The molecule has 0 unspecified atom stereocenters. The van der Waals surface area contributed by atoms with Gasteiger partial charge in [0, 0.05) is 31.9 Å². The van der Waals surface area contributed by atoms with Crippen molar-refractivity contribution in [1.29, 1.82) is 0 Å². The molecule has 7 heteroatoms. The average Bonchev–Trinajstić information content (AvgIpc) is 3.02. The third kappa shape index (κ3) is 4.66. The molecule has 0 bridgehead atoms. The Morgan fingerprint density at radius 1 is 0.968 bits per heavy atom. The Hall–Kier alpha value is -3.06. The second kappa shape index (κ2) is 8.98. The van der Waals surface area contributed by atoms with Crippen LogP contribution in [0.4, 0.5) is 10.5 Å². The number of nitrogens with one attached hydrogen (secondary N) is 1. The van der Waals surface area contributed by atoms with Crippen LogP contribution in [0.5, 0.6) is 5.75 Å². The van der Waals surface area contributed by atoms with Crippen LogP contribution in [0.15, 0.2) is 54.6 Å². The minimum Gasteiger partial charge on any atom is -0.497 e. The number of carbonyl (C=O) groups is 2. The fourth-order valence-corrected chi connectivity index (χ4v) is 4.22. The zero-order valence-electron chi connectivity index (χ0n) is 18.2. The van der Waals surface area contributed by atoms with Crippen molar-refractivity contribution in [3.63, 3.8) is 0 Å². The lowest BCUT2D eigenvalue weighted by Gasteiger charge is -2.37. The maximum atomic E-state index is 13.1. The Kier molecular flexibility index (Phi) is 6.13. The van der Waals surface area contributed by atoms with Crippen LogP contribution >= 0.6 is 0 Å². The number of imide groups is 1. The fourth-order valence-electron chi connectivity index (χ4n) is 4.22. The molecule has 0 saturated carbocycles. The molecule has 1 atom stereocenters. The largest absolute Gasteiger partial charge is 0.497 e. The van der Waals surface area contributed by atoms with E-state index >= 15 is 0 Å². The van der Waals surface area contributed by atoms with E-state index < -0.39 is 5.54 Å². The van der Waals surface area contributed by atoms with Crippen LogP contribution in [0.2, 0.25) is 0 Å². The molecule has 31 heavy (non-hydrogen) atoms. The van der Waals surface area contributed by atoms with Crippen LogP contribution in [-0.2, 0) is 11.2 Å². The van der Waals surface area contributed by atoms with Crippen LogP contribution in [0.1, 0.15) is 18.9 Å². The topological polar surface area (TPSA) is 65.1 Å². The summed E-state index contributed by atoms with van der Waals surface area (Å²) in [5, 5.41) is 2.92. The van der Waals surface area contributed by atoms with Gasteiger partial charge in [0.25, 0.3) is 5.91 Å². The van der Waals surface area contributed by atoms with Crippen molar-refractivity contribution in [2.24, 2.45) is 0 Å². The summed E-state index contributed by atoms with van der Waals surface area (Å²) in [6.07, 6.45) is 1.26. The molecule has 7 nitrogen and oxygen atoms in total. The molecule has 2 aromatic rings. The number of anilines is 1. The highest BCUT2D eigenvalue weighted by Crippen LogP contribution is 2.25. The molecule has 164 valence electrons. The summed E-state index contributed by atoms with van der Waals surface area (Å²) < 4.78 is 5.19. The monoisotopic (exact) mass is 422 g/mol. The number of para-hydroxylation sites is 1. The van der Waals surface area contributed by atoms with Gasteiger partial charge in [0.2, 0.25) is 0 Å². The number of nitrogens with zero attached hydrogens (tertiary/aromatic N) is 3. The number of aryl methyl sites for hydroxylation is 1. The highest BCUT2D eigenvalue weighted by molar-refractivity contribution is 6.06. The van der Waals surface area contributed by atoms with Gasteiger partial charge in [0.15, 0.2) is 0 Å². The summed E-state index contributed by atoms with van der Waals surface area (Å²) in [5.41, 5.74) is 1.45. The number of urea groups is 1. The van der Waals surface area contributed by atoms with E-state index in [0.29, 0.717) is 19.5 Å². The molecular formula is C24H30N4O3. The first-order valence-electron chi connectivity index (χ1n) is 10.8. The Labute approximate surface area is 183 Å².